The molecule has 1 aromatic heterocycles. The van der Waals surface area contributed by atoms with E-state index < -0.39 is 0 Å². The van der Waals surface area contributed by atoms with Gasteiger partial charge >= 0.3 is 0 Å². The largest absolute Gasteiger partial charge is 0.349 e. The Morgan fingerprint density at radius 1 is 1.40 bits per heavy atom. The van der Waals surface area contributed by atoms with Crippen LogP contribution in [0.5, 0.6) is 0 Å². The number of nitrogens with one attached hydrogen (secondary N) is 1. The zero-order valence-corrected chi connectivity index (χ0v) is 13.0. The fourth-order valence-corrected chi connectivity index (χ4v) is 3.22. The summed E-state index contributed by atoms with van der Waals surface area (Å²) < 4.78 is 1.63. The molecule has 5 heteroatoms. The molecule has 1 aliphatic rings. The maximum atomic E-state index is 12.1. The molecular weight excluding hydrogens is 252 g/mol. The van der Waals surface area contributed by atoms with Crippen LogP contribution >= 0.6 is 0 Å². The van der Waals surface area contributed by atoms with Gasteiger partial charge in [-0.15, -0.1) is 0 Å². The number of hydrogen-bond acceptors (Lipinski definition) is 3. The summed E-state index contributed by atoms with van der Waals surface area (Å²) in [6, 6.07) is 1.82. The lowest BCUT2D eigenvalue weighted by atomic mass is 9.92. The van der Waals surface area contributed by atoms with Crippen LogP contribution in [0.3, 0.4) is 0 Å². The molecule has 1 N–H and O–H groups in total. The number of likely N-dealkylation sites (tertiary alicyclic amines) is 1. The van der Waals surface area contributed by atoms with Crippen LogP contribution < -0.4 is 5.32 Å². The number of hydrogen-bond donors (Lipinski definition) is 1. The molecular formula is C15H26N4O. The molecule has 20 heavy (non-hydrogen) atoms. The van der Waals surface area contributed by atoms with E-state index in [1.807, 2.05) is 13.0 Å². The second-order valence-electron chi connectivity index (χ2n) is 6.26. The lowest BCUT2D eigenvalue weighted by Gasteiger charge is -2.34. The third-order valence-electron chi connectivity index (χ3n) is 3.89. The van der Waals surface area contributed by atoms with Crippen molar-refractivity contribution in [3.63, 3.8) is 0 Å². The molecule has 0 saturated carbocycles. The van der Waals surface area contributed by atoms with Crippen LogP contribution in [0.2, 0.25) is 0 Å². The van der Waals surface area contributed by atoms with Crippen molar-refractivity contribution in [1.29, 1.82) is 0 Å². The average Bonchev–Trinajstić information content (AvgIpc) is 2.67. The maximum absolute atomic E-state index is 12.1. The molecule has 2 heterocycles. The number of nitrogens with zero attached hydrogens (tertiary/aromatic N) is 3. The van der Waals surface area contributed by atoms with Crippen LogP contribution in [0.4, 0.5) is 0 Å². The van der Waals surface area contributed by atoms with Crippen molar-refractivity contribution in [2.24, 2.45) is 18.9 Å². The standard InChI is InChI=1S/C15H26N4O/c1-11-7-12(2)10-19(9-11)6-5-16-15(20)14-8-13(3)17-18(14)4/h8,11-12H,5-7,9-10H2,1-4H3,(H,16,20)/t11-,12-/m1/s1. The fraction of sp³-hybridized carbons (Fsp3) is 0.733. The highest BCUT2D eigenvalue weighted by atomic mass is 16.2. The third kappa shape index (κ3) is 3.82. The van der Waals surface area contributed by atoms with Gasteiger partial charge in [-0.25, -0.2) is 0 Å². The Morgan fingerprint density at radius 2 is 2.05 bits per heavy atom. The molecule has 1 fully saturated rings. The van der Waals surface area contributed by atoms with Crippen molar-refractivity contribution in [3.8, 4) is 0 Å². The minimum atomic E-state index is -0.0359. The Morgan fingerprint density at radius 3 is 2.60 bits per heavy atom. The summed E-state index contributed by atoms with van der Waals surface area (Å²) in [6.45, 7) is 10.4. The van der Waals surface area contributed by atoms with E-state index in [-0.39, 0.29) is 5.91 Å². The Kier molecular flexibility index (Phi) is 4.81. The lowest BCUT2D eigenvalue weighted by Crippen LogP contribution is -2.43. The maximum Gasteiger partial charge on any atom is 0.269 e. The lowest BCUT2D eigenvalue weighted by molar-refractivity contribution is 0.0927. The van der Waals surface area contributed by atoms with Crippen molar-refractivity contribution >= 4 is 5.91 Å². The van der Waals surface area contributed by atoms with Gasteiger partial charge in [0.25, 0.3) is 5.91 Å². The van der Waals surface area contributed by atoms with Crippen molar-refractivity contribution in [2.45, 2.75) is 27.2 Å². The normalized spacial score (nSPS) is 23.8. The molecule has 0 bridgehead atoms. The molecule has 2 atom stereocenters. The van der Waals surface area contributed by atoms with Crippen molar-refractivity contribution in [2.75, 3.05) is 26.2 Å². The van der Waals surface area contributed by atoms with Gasteiger partial charge < -0.3 is 10.2 Å². The van der Waals surface area contributed by atoms with Crippen molar-refractivity contribution < 1.29 is 4.79 Å². The minimum Gasteiger partial charge on any atom is -0.349 e. The fourth-order valence-electron chi connectivity index (χ4n) is 3.22. The van der Waals surface area contributed by atoms with Gasteiger partial charge in [0.15, 0.2) is 0 Å². The SMILES string of the molecule is Cc1cc(C(=O)NCCN2C[C@H](C)C[C@@H](C)C2)n(C)n1. The van der Waals surface area contributed by atoms with Crippen LogP contribution in [0, 0.1) is 18.8 Å². The van der Waals surface area contributed by atoms with Crippen molar-refractivity contribution in [3.05, 3.63) is 17.5 Å². The quantitative estimate of drug-likeness (QED) is 0.906. The summed E-state index contributed by atoms with van der Waals surface area (Å²) >= 11 is 0. The highest BCUT2D eigenvalue weighted by Crippen LogP contribution is 2.20. The summed E-state index contributed by atoms with van der Waals surface area (Å²) in [7, 11) is 1.80. The van der Waals surface area contributed by atoms with Gasteiger partial charge in [-0.2, -0.15) is 5.10 Å². The predicted octanol–water partition coefficient (Wildman–Crippen LogP) is 1.44. The van der Waals surface area contributed by atoms with Gasteiger partial charge in [0, 0.05) is 33.2 Å². The van der Waals surface area contributed by atoms with Gasteiger partial charge in [0.2, 0.25) is 0 Å². The van der Waals surface area contributed by atoms with Crippen LogP contribution in [0.1, 0.15) is 36.5 Å². The first-order valence-corrected chi connectivity index (χ1v) is 7.47. The highest BCUT2D eigenvalue weighted by Gasteiger charge is 2.21. The van der Waals surface area contributed by atoms with E-state index in [9.17, 15) is 4.79 Å². The molecule has 0 radical (unpaired) electrons. The molecule has 5 nitrogen and oxygen atoms in total. The zero-order chi connectivity index (χ0) is 14.7. The Balaban J connectivity index is 1.78. The van der Waals surface area contributed by atoms with Gasteiger partial charge in [0.1, 0.15) is 5.69 Å². The summed E-state index contributed by atoms with van der Waals surface area (Å²) in [4.78, 5) is 14.5. The van der Waals surface area contributed by atoms with Crippen LogP contribution in [-0.4, -0.2) is 46.8 Å². The predicted molar refractivity (Wildman–Crippen MR) is 79.7 cm³/mol. The summed E-state index contributed by atoms with van der Waals surface area (Å²) in [5.74, 6) is 1.48. The average molecular weight is 278 g/mol. The monoisotopic (exact) mass is 278 g/mol. The number of amides is 1. The summed E-state index contributed by atoms with van der Waals surface area (Å²) in [5.41, 5.74) is 1.50. The minimum absolute atomic E-state index is 0.0359. The second kappa shape index (κ2) is 6.39. The van der Waals surface area contributed by atoms with Crippen molar-refractivity contribution in [1.82, 2.24) is 20.0 Å². The number of rotatable bonds is 4. The number of aromatic nitrogens is 2. The smallest absolute Gasteiger partial charge is 0.269 e. The highest BCUT2D eigenvalue weighted by molar-refractivity contribution is 5.92. The summed E-state index contributed by atoms with van der Waals surface area (Å²) in [5, 5.41) is 7.18. The number of aryl methyl sites for hydroxylation is 2. The van der Waals surface area contributed by atoms with E-state index >= 15 is 0 Å². The molecule has 0 aromatic carbocycles. The van der Waals surface area contributed by atoms with E-state index in [2.05, 4.69) is 29.2 Å². The van der Waals surface area contributed by atoms with Crippen LogP contribution in [-0.2, 0) is 7.05 Å². The van der Waals surface area contributed by atoms with E-state index in [1.54, 1.807) is 11.7 Å². The first-order valence-electron chi connectivity index (χ1n) is 7.47. The van der Waals surface area contributed by atoms with E-state index in [1.165, 1.54) is 6.42 Å². The third-order valence-corrected chi connectivity index (χ3v) is 3.89. The molecule has 1 aliphatic heterocycles. The molecule has 0 aliphatic carbocycles. The number of piperidine rings is 1. The molecule has 112 valence electrons. The molecule has 0 unspecified atom stereocenters. The number of carbonyl (C=O) groups excluding carboxylic acids is 1. The van der Waals surface area contributed by atoms with E-state index in [0.717, 1.165) is 37.2 Å². The molecule has 0 spiro atoms. The second-order valence-corrected chi connectivity index (χ2v) is 6.26. The van der Waals surface area contributed by atoms with Gasteiger partial charge in [-0.05, 0) is 31.2 Å². The van der Waals surface area contributed by atoms with E-state index in [0.29, 0.717) is 12.2 Å². The van der Waals surface area contributed by atoms with Gasteiger partial charge in [0.05, 0.1) is 5.69 Å². The van der Waals surface area contributed by atoms with E-state index in [4.69, 9.17) is 0 Å². The Bertz CT molecular complexity index is 458. The van der Waals surface area contributed by atoms with Gasteiger partial charge in [-0.1, -0.05) is 13.8 Å². The molecule has 2 rings (SSSR count). The Labute approximate surface area is 121 Å². The molecule has 1 saturated heterocycles. The van der Waals surface area contributed by atoms with Crippen LogP contribution in [0.25, 0.3) is 0 Å². The molecule has 1 aromatic rings. The zero-order valence-electron chi connectivity index (χ0n) is 13.0. The van der Waals surface area contributed by atoms with Gasteiger partial charge in [-0.3, -0.25) is 9.48 Å². The summed E-state index contributed by atoms with van der Waals surface area (Å²) in [6.07, 6.45) is 1.32. The topological polar surface area (TPSA) is 50.2 Å². The number of carbonyl (C=O) groups is 1. The molecule has 1 amide bonds. The Hall–Kier alpha value is -1.36. The van der Waals surface area contributed by atoms with Crippen LogP contribution in [0.15, 0.2) is 6.07 Å². The first-order chi connectivity index (χ1) is 9.45. The first kappa shape index (κ1) is 15.0.